The molecule has 0 saturated heterocycles. The van der Waals surface area contributed by atoms with Crippen molar-refractivity contribution in [1.82, 2.24) is 13.7 Å². The van der Waals surface area contributed by atoms with E-state index in [0.717, 1.165) is 101 Å². The molecule has 4 aromatic heterocycles. The van der Waals surface area contributed by atoms with Gasteiger partial charge in [-0.2, -0.15) is 0 Å². The average molecular weight is 1690 g/mol. The Morgan fingerprint density at radius 1 is 0.206 bits per heavy atom. The molecule has 0 fully saturated rings. The van der Waals surface area contributed by atoms with Crippen molar-refractivity contribution in [2.45, 2.75) is 57.8 Å². The van der Waals surface area contributed by atoms with Gasteiger partial charge in [-0.25, -0.2) is 4.39 Å². The molecule has 8 heteroatoms. The first-order valence-corrected chi connectivity index (χ1v) is 45.3. The highest BCUT2D eigenvalue weighted by Gasteiger charge is 2.40. The number of benzene rings is 19. The average Bonchev–Trinajstić information content (AvgIpc) is 1.58. The molecule has 0 unspecified atom stereocenters. The first kappa shape index (κ1) is 78.2. The fourth-order valence-corrected chi connectivity index (χ4v) is 21.8. The largest absolute Gasteiger partial charge is 0.456 e. The number of furan rings is 1. The van der Waals surface area contributed by atoms with Crippen LogP contribution in [0, 0.1) is 5.82 Å². The molecule has 0 aliphatic heterocycles. The molecule has 26 rings (SSSR count). The summed E-state index contributed by atoms with van der Waals surface area (Å²) in [7, 11) is 0. The topological polar surface area (TPSA) is 37.7 Å². The lowest BCUT2D eigenvalue weighted by molar-refractivity contribution is 0.627. The number of hydrogen-bond acceptors (Lipinski definition) is 4. The second-order valence-corrected chi connectivity index (χ2v) is 36.4. The second kappa shape index (κ2) is 30.8. The van der Waals surface area contributed by atoms with Crippen LogP contribution < -0.4 is 14.7 Å². The summed E-state index contributed by atoms with van der Waals surface area (Å²) in [6.07, 6.45) is 0. The van der Waals surface area contributed by atoms with Gasteiger partial charge in [0.25, 0.3) is 0 Å². The zero-order valence-electron chi connectivity index (χ0n) is 73.6. The van der Waals surface area contributed by atoms with Gasteiger partial charge in [0.15, 0.2) is 0 Å². The van der Waals surface area contributed by atoms with E-state index in [1.807, 2.05) is 18.2 Å². The molecule has 3 aliphatic rings. The van der Waals surface area contributed by atoms with Gasteiger partial charge in [0.1, 0.15) is 17.0 Å². The fraction of sp³-hybridized carbons (Fsp3) is 0.0732. The van der Waals surface area contributed by atoms with Crippen LogP contribution in [0.2, 0.25) is 0 Å². The summed E-state index contributed by atoms with van der Waals surface area (Å²) in [4.78, 5) is 7.17. The highest BCUT2D eigenvalue weighted by Crippen LogP contribution is 2.56. The Hall–Kier alpha value is -16.3. The van der Waals surface area contributed by atoms with E-state index in [1.165, 1.54) is 134 Å². The zero-order chi connectivity index (χ0) is 88.0. The lowest BCUT2D eigenvalue weighted by Crippen LogP contribution is -2.16. The van der Waals surface area contributed by atoms with Crippen molar-refractivity contribution in [3.05, 3.63) is 482 Å². The van der Waals surface area contributed by atoms with Crippen LogP contribution in [0.5, 0.6) is 0 Å². The van der Waals surface area contributed by atoms with Gasteiger partial charge in [-0.05, 0) is 267 Å². The lowest BCUT2D eigenvalue weighted by atomic mass is 9.82. The molecule has 626 valence electrons. The van der Waals surface area contributed by atoms with Gasteiger partial charge in [0, 0.05) is 117 Å². The van der Waals surface area contributed by atoms with Crippen molar-refractivity contribution in [2.75, 3.05) is 14.7 Å². The summed E-state index contributed by atoms with van der Waals surface area (Å²) < 4.78 is 27.2. The van der Waals surface area contributed by atoms with Crippen LogP contribution in [0.3, 0.4) is 0 Å². The van der Waals surface area contributed by atoms with Gasteiger partial charge < -0.3 is 32.8 Å². The fourth-order valence-electron chi connectivity index (χ4n) is 21.8. The molecule has 19 aromatic carbocycles. The standard InChI is InChI=1S/C45H32N2O.C39H29FN2.C39H30N2/c1-45(2)37-18-9-6-15-32(37)33-25-23-31(28-38(33)45)46(41-20-12-22-43-44(41)35-17-8-11-21-42(35)48-43)30-24-26-40-36(27-30)34-16-7-10-19-39(34)47(40)29-13-4-3-5-14-29;1-39(2)35-14-8-6-12-31(35)32-22-20-30(25-36(32)39)41(27-10-4-3-5-11-27)29-21-23-38-34(24-29)33-13-7-9-15-37(33)42(38)28-18-16-26(40)17-19-28;1-39(2)35-19-11-9-17-31(35)32-23-21-30(26-36(32)39)40(27-13-5-3-6-14-27)29-22-24-38-34(25-29)33-18-10-12-20-37(33)41(38)28-15-7-4-8-16-28/h3-28H,1-2H3;3-25H,1-2H3;3-26H,1-2H3. The SMILES string of the molecule is CC1(C)c2ccccc2-c2ccc(N(c3ccc4c(c3)c3ccccc3n4-c3ccccc3)c3cccc4oc5ccccc5c34)cc21.CC1(C)c2ccccc2-c2ccc(N(c3ccccc3)c3ccc4c(c3)c3ccccc3n4-c3ccc(F)cc3)cc21.CC1(C)c2ccccc2-c2ccc(N(c3ccccc3)c3ccc4c(c3)c3ccccc3n4-c3ccccc3)cc21. The van der Waals surface area contributed by atoms with Crippen LogP contribution in [-0.2, 0) is 16.2 Å². The van der Waals surface area contributed by atoms with Crippen LogP contribution in [0.15, 0.2) is 447 Å². The minimum atomic E-state index is -0.235. The van der Waals surface area contributed by atoms with Crippen LogP contribution in [0.25, 0.3) is 138 Å². The van der Waals surface area contributed by atoms with Crippen molar-refractivity contribution < 1.29 is 8.81 Å². The predicted molar refractivity (Wildman–Crippen MR) is 546 cm³/mol. The van der Waals surface area contributed by atoms with Gasteiger partial charge >= 0.3 is 0 Å². The van der Waals surface area contributed by atoms with E-state index in [1.54, 1.807) is 0 Å². The van der Waals surface area contributed by atoms with E-state index in [-0.39, 0.29) is 22.1 Å². The normalized spacial score (nSPS) is 13.3. The van der Waals surface area contributed by atoms with Crippen LogP contribution >= 0.6 is 0 Å². The van der Waals surface area contributed by atoms with Crippen molar-refractivity contribution in [3.63, 3.8) is 0 Å². The molecule has 0 N–H and O–H groups in total. The van der Waals surface area contributed by atoms with Gasteiger partial charge in [0.2, 0.25) is 0 Å². The number of aromatic nitrogens is 3. The van der Waals surface area contributed by atoms with Gasteiger partial charge in [0.05, 0.1) is 44.2 Å². The molecular weight excluding hydrogens is 1600 g/mol. The number of para-hydroxylation sites is 8. The van der Waals surface area contributed by atoms with E-state index >= 15 is 0 Å². The molecule has 0 spiro atoms. The highest BCUT2D eigenvalue weighted by molar-refractivity contribution is 6.16. The summed E-state index contributed by atoms with van der Waals surface area (Å²) in [5.74, 6) is -0.235. The monoisotopic (exact) mass is 1690 g/mol. The third-order valence-corrected chi connectivity index (χ3v) is 28.0. The second-order valence-electron chi connectivity index (χ2n) is 36.4. The number of hydrogen-bond donors (Lipinski definition) is 0. The Labute approximate surface area is 760 Å². The molecule has 0 atom stereocenters. The number of fused-ring (bicyclic) bond motifs is 21. The Morgan fingerprint density at radius 3 is 0.901 bits per heavy atom. The summed E-state index contributed by atoms with van der Waals surface area (Å²) in [5, 5.41) is 9.50. The van der Waals surface area contributed by atoms with Crippen LogP contribution in [-0.4, -0.2) is 13.7 Å². The Bertz CT molecular complexity index is 8470. The molecular formula is C123H91FN6O. The Morgan fingerprint density at radius 2 is 0.496 bits per heavy atom. The Kier molecular flexibility index (Phi) is 18.4. The molecule has 0 bridgehead atoms. The van der Waals surface area contributed by atoms with E-state index in [2.05, 4.69) is 482 Å². The van der Waals surface area contributed by atoms with Gasteiger partial charge in [-0.1, -0.05) is 284 Å². The quantitative estimate of drug-likeness (QED) is 0.122. The van der Waals surface area contributed by atoms with E-state index in [9.17, 15) is 4.39 Å². The predicted octanol–water partition coefficient (Wildman–Crippen LogP) is 33.7. The maximum absolute atomic E-state index is 13.8. The smallest absolute Gasteiger partial charge is 0.137 e. The zero-order valence-corrected chi connectivity index (χ0v) is 73.6. The lowest BCUT2D eigenvalue weighted by Gasteiger charge is -2.28. The minimum Gasteiger partial charge on any atom is -0.456 e. The summed E-state index contributed by atoms with van der Waals surface area (Å²) in [6.45, 7) is 14.0. The van der Waals surface area contributed by atoms with E-state index in [4.69, 9.17) is 4.42 Å². The third-order valence-electron chi connectivity index (χ3n) is 28.0. The molecule has 131 heavy (non-hydrogen) atoms. The highest BCUT2D eigenvalue weighted by atomic mass is 19.1. The molecule has 4 heterocycles. The van der Waals surface area contributed by atoms with Crippen molar-refractivity contribution in [2.24, 2.45) is 0 Å². The molecule has 0 saturated carbocycles. The molecule has 0 amide bonds. The van der Waals surface area contributed by atoms with Crippen molar-refractivity contribution in [1.29, 1.82) is 0 Å². The van der Waals surface area contributed by atoms with Gasteiger partial charge in [-0.15, -0.1) is 0 Å². The molecule has 3 aliphatic carbocycles. The minimum absolute atomic E-state index is 0.0582. The van der Waals surface area contributed by atoms with E-state index in [0.29, 0.717) is 0 Å². The van der Waals surface area contributed by atoms with Crippen LogP contribution in [0.4, 0.5) is 55.6 Å². The molecule has 0 radical (unpaired) electrons. The number of rotatable bonds is 12. The number of anilines is 9. The summed E-state index contributed by atoms with van der Waals surface area (Å²) in [5.41, 5.74) is 38.0. The van der Waals surface area contributed by atoms with Gasteiger partial charge in [-0.3, -0.25) is 0 Å². The molecule has 7 nitrogen and oxygen atoms in total. The van der Waals surface area contributed by atoms with E-state index < -0.39 is 0 Å². The first-order valence-electron chi connectivity index (χ1n) is 45.3. The number of halogens is 1. The number of nitrogens with zero attached hydrogens (tertiary/aromatic N) is 6. The third kappa shape index (κ3) is 12.7. The summed E-state index contributed by atoms with van der Waals surface area (Å²) >= 11 is 0. The van der Waals surface area contributed by atoms with Crippen LogP contribution in [0.1, 0.15) is 74.9 Å². The Balaban J connectivity index is 0.000000109. The summed E-state index contributed by atoms with van der Waals surface area (Å²) in [6, 6.07) is 158. The van der Waals surface area contributed by atoms with Crippen molar-refractivity contribution >= 4 is 139 Å². The van der Waals surface area contributed by atoms with Crippen molar-refractivity contribution in [3.8, 4) is 50.4 Å². The maximum atomic E-state index is 13.8. The first-order chi connectivity index (χ1) is 64.2. The maximum Gasteiger partial charge on any atom is 0.137 e. The molecule has 23 aromatic rings.